The number of nitrogens with zero attached hydrogens (tertiary/aromatic N) is 2. The molecular weight excluding hydrogens is 408 g/mol. The summed E-state index contributed by atoms with van der Waals surface area (Å²) in [6.07, 6.45) is 1.90. The van der Waals surface area contributed by atoms with Crippen LogP contribution in [0, 0.1) is 27.7 Å². The van der Waals surface area contributed by atoms with Gasteiger partial charge in [0.05, 0.1) is 10.9 Å². The molecular formula is C20H30N4O3S2. The van der Waals surface area contributed by atoms with Crippen molar-refractivity contribution >= 4 is 32.4 Å². The Morgan fingerprint density at radius 2 is 1.62 bits per heavy atom. The lowest BCUT2D eigenvalue weighted by atomic mass is 10.0. The predicted molar refractivity (Wildman–Crippen MR) is 117 cm³/mol. The molecule has 0 unspecified atom stereocenters. The van der Waals surface area contributed by atoms with Crippen LogP contribution in [-0.2, 0) is 14.8 Å². The summed E-state index contributed by atoms with van der Waals surface area (Å²) in [5, 5.41) is 12.1. The van der Waals surface area contributed by atoms with Crippen molar-refractivity contribution < 1.29 is 13.2 Å². The van der Waals surface area contributed by atoms with E-state index in [1.807, 2.05) is 19.9 Å². The molecule has 2 rings (SSSR count). The molecule has 0 saturated heterocycles. The number of aromatic nitrogens is 2. The van der Waals surface area contributed by atoms with Crippen LogP contribution in [0.15, 0.2) is 11.0 Å². The minimum absolute atomic E-state index is 0.238. The first-order valence-electron chi connectivity index (χ1n) is 9.75. The van der Waals surface area contributed by atoms with Crippen LogP contribution >= 0.6 is 11.3 Å². The number of hydrogen-bond donors (Lipinski definition) is 2. The molecule has 0 aliphatic heterocycles. The van der Waals surface area contributed by atoms with Crippen LogP contribution in [0.3, 0.4) is 0 Å². The second-order valence-corrected chi connectivity index (χ2v) is 10.0. The van der Waals surface area contributed by atoms with Gasteiger partial charge in [-0.25, -0.2) is 8.42 Å². The van der Waals surface area contributed by atoms with E-state index in [2.05, 4.69) is 34.1 Å². The Morgan fingerprint density at radius 1 is 1.07 bits per heavy atom. The summed E-state index contributed by atoms with van der Waals surface area (Å²) in [4.78, 5) is 12.8. The van der Waals surface area contributed by atoms with E-state index < -0.39 is 22.0 Å². The lowest BCUT2D eigenvalue weighted by Gasteiger charge is -2.18. The number of rotatable bonds is 8. The SMILES string of the molecule is CCC(CC)c1nnc(NC(=O)[C@H](C)NS(=O)(=O)c2c(C)c(C)cc(C)c2C)s1. The third-order valence-corrected chi connectivity index (χ3v) is 8.11. The molecule has 0 saturated carbocycles. The van der Waals surface area contributed by atoms with E-state index in [0.29, 0.717) is 22.2 Å². The van der Waals surface area contributed by atoms with Crippen LogP contribution in [0.4, 0.5) is 5.13 Å². The number of nitrogens with one attached hydrogen (secondary N) is 2. The fourth-order valence-corrected chi connectivity index (χ4v) is 6.06. The van der Waals surface area contributed by atoms with Crippen molar-refractivity contribution in [2.45, 2.75) is 78.2 Å². The Balaban J connectivity index is 2.18. The van der Waals surface area contributed by atoms with Crippen molar-refractivity contribution in [3.63, 3.8) is 0 Å². The maximum atomic E-state index is 13.0. The lowest BCUT2D eigenvalue weighted by Crippen LogP contribution is -2.42. The molecule has 0 spiro atoms. The predicted octanol–water partition coefficient (Wildman–Crippen LogP) is 3.98. The third-order valence-electron chi connectivity index (χ3n) is 5.30. The van der Waals surface area contributed by atoms with Gasteiger partial charge in [-0.1, -0.05) is 31.3 Å². The van der Waals surface area contributed by atoms with E-state index in [4.69, 9.17) is 0 Å². The summed E-state index contributed by atoms with van der Waals surface area (Å²) in [7, 11) is -3.86. The first kappa shape index (κ1) is 23.4. The molecule has 1 atom stereocenters. The number of anilines is 1. The number of amides is 1. The zero-order chi connectivity index (χ0) is 21.9. The molecule has 9 heteroatoms. The van der Waals surface area contributed by atoms with Gasteiger partial charge in [0.15, 0.2) is 0 Å². The minimum atomic E-state index is -3.86. The highest BCUT2D eigenvalue weighted by molar-refractivity contribution is 7.89. The number of aryl methyl sites for hydroxylation is 2. The van der Waals surface area contributed by atoms with Crippen LogP contribution in [0.5, 0.6) is 0 Å². The number of carbonyl (C=O) groups is 1. The summed E-state index contributed by atoms with van der Waals surface area (Å²) in [5.74, 6) is -0.162. The van der Waals surface area contributed by atoms with Crippen molar-refractivity contribution in [2.75, 3.05) is 5.32 Å². The second kappa shape index (κ2) is 9.32. The molecule has 0 fully saturated rings. The van der Waals surface area contributed by atoms with Crippen LogP contribution in [0.2, 0.25) is 0 Å². The normalized spacial score (nSPS) is 13.0. The summed E-state index contributed by atoms with van der Waals surface area (Å²) < 4.78 is 28.5. The van der Waals surface area contributed by atoms with Crippen LogP contribution in [0.25, 0.3) is 0 Å². The Kier molecular flexibility index (Phi) is 7.53. The average Bonchev–Trinajstić information content (AvgIpc) is 3.09. The van der Waals surface area contributed by atoms with E-state index in [9.17, 15) is 13.2 Å². The topological polar surface area (TPSA) is 101 Å². The number of benzene rings is 1. The van der Waals surface area contributed by atoms with Gasteiger partial charge in [0.25, 0.3) is 0 Å². The summed E-state index contributed by atoms with van der Waals surface area (Å²) in [5.41, 5.74) is 3.17. The van der Waals surface area contributed by atoms with Gasteiger partial charge < -0.3 is 0 Å². The first-order chi connectivity index (χ1) is 13.5. The van der Waals surface area contributed by atoms with Crippen LogP contribution in [-0.4, -0.2) is 30.6 Å². The van der Waals surface area contributed by atoms with E-state index >= 15 is 0 Å². The Hall–Kier alpha value is -1.84. The molecule has 29 heavy (non-hydrogen) atoms. The third kappa shape index (κ3) is 5.21. The Morgan fingerprint density at radius 3 is 2.14 bits per heavy atom. The molecule has 0 radical (unpaired) electrons. The molecule has 2 N–H and O–H groups in total. The Bertz CT molecular complexity index is 969. The highest BCUT2D eigenvalue weighted by Crippen LogP contribution is 2.28. The van der Waals surface area contributed by atoms with Crippen molar-refractivity contribution in [1.82, 2.24) is 14.9 Å². The number of carbonyl (C=O) groups excluding carboxylic acids is 1. The fourth-order valence-electron chi connectivity index (χ4n) is 3.23. The molecule has 0 aliphatic carbocycles. The molecule has 0 bridgehead atoms. The molecule has 160 valence electrons. The van der Waals surface area contributed by atoms with Crippen LogP contribution < -0.4 is 10.0 Å². The summed E-state index contributed by atoms with van der Waals surface area (Å²) in [6.45, 7) is 13.0. The highest BCUT2D eigenvalue weighted by Gasteiger charge is 2.27. The Labute approximate surface area is 177 Å². The average molecular weight is 439 g/mol. The maximum Gasteiger partial charge on any atom is 0.244 e. The van der Waals surface area contributed by atoms with E-state index in [1.165, 1.54) is 18.3 Å². The van der Waals surface area contributed by atoms with E-state index in [1.54, 1.807) is 13.8 Å². The highest BCUT2D eigenvalue weighted by atomic mass is 32.2. The summed E-state index contributed by atoms with van der Waals surface area (Å²) in [6, 6.07) is 1.01. The monoisotopic (exact) mass is 438 g/mol. The zero-order valence-electron chi connectivity index (χ0n) is 18.1. The quantitative estimate of drug-likeness (QED) is 0.649. The lowest BCUT2D eigenvalue weighted by molar-refractivity contribution is -0.117. The molecule has 2 aromatic rings. The van der Waals surface area contributed by atoms with Gasteiger partial charge in [0.1, 0.15) is 5.01 Å². The van der Waals surface area contributed by atoms with Crippen molar-refractivity contribution in [3.05, 3.63) is 33.3 Å². The van der Waals surface area contributed by atoms with E-state index in [0.717, 1.165) is 29.0 Å². The van der Waals surface area contributed by atoms with Gasteiger partial charge >= 0.3 is 0 Å². The van der Waals surface area contributed by atoms with Crippen molar-refractivity contribution in [1.29, 1.82) is 0 Å². The van der Waals surface area contributed by atoms with Gasteiger partial charge in [-0.2, -0.15) is 4.72 Å². The number of sulfonamides is 1. The van der Waals surface area contributed by atoms with Gasteiger partial charge in [0, 0.05) is 5.92 Å². The largest absolute Gasteiger partial charge is 0.299 e. The zero-order valence-corrected chi connectivity index (χ0v) is 19.7. The summed E-state index contributed by atoms with van der Waals surface area (Å²) >= 11 is 1.33. The molecule has 1 aromatic heterocycles. The van der Waals surface area contributed by atoms with Gasteiger partial charge in [-0.3, -0.25) is 10.1 Å². The fraction of sp³-hybridized carbons (Fsp3) is 0.550. The maximum absolute atomic E-state index is 13.0. The molecule has 1 amide bonds. The molecule has 1 heterocycles. The number of hydrogen-bond acceptors (Lipinski definition) is 6. The van der Waals surface area contributed by atoms with Crippen LogP contribution in [0.1, 0.15) is 66.8 Å². The van der Waals surface area contributed by atoms with Crippen molar-refractivity contribution in [2.24, 2.45) is 0 Å². The first-order valence-corrected chi connectivity index (χ1v) is 12.1. The smallest absolute Gasteiger partial charge is 0.244 e. The van der Waals surface area contributed by atoms with Gasteiger partial charge in [-0.15, -0.1) is 10.2 Å². The van der Waals surface area contributed by atoms with Gasteiger partial charge in [0.2, 0.25) is 21.1 Å². The van der Waals surface area contributed by atoms with Gasteiger partial charge in [-0.05, 0) is 69.7 Å². The standard InChI is InChI=1S/C20H30N4O3S2/c1-8-16(9-2)19-22-23-20(28-19)21-18(25)15(7)24-29(26,27)17-13(5)11(3)10-12(4)14(17)6/h10,15-16,24H,8-9H2,1-7H3,(H,21,23,25)/t15-/m0/s1. The van der Waals surface area contributed by atoms with Crippen molar-refractivity contribution in [3.8, 4) is 0 Å². The van der Waals surface area contributed by atoms with E-state index in [-0.39, 0.29) is 4.90 Å². The second-order valence-electron chi connectivity index (χ2n) is 7.38. The minimum Gasteiger partial charge on any atom is -0.299 e. The molecule has 0 aliphatic rings. The molecule has 7 nitrogen and oxygen atoms in total. The molecule has 1 aromatic carbocycles.